The predicted molar refractivity (Wildman–Crippen MR) is 70.0 cm³/mol. The number of anilines is 2. The molecule has 0 aliphatic heterocycles. The molecular weight excluding hydrogens is 261 g/mol. The second kappa shape index (κ2) is 4.89. The molecule has 17 heavy (non-hydrogen) atoms. The highest BCUT2D eigenvalue weighted by Crippen LogP contribution is 2.27. The van der Waals surface area contributed by atoms with Crippen LogP contribution in [0.2, 0.25) is 5.02 Å². The second-order valence-electron chi connectivity index (χ2n) is 3.57. The van der Waals surface area contributed by atoms with Gasteiger partial charge >= 0.3 is 0 Å². The number of benzene rings is 1. The van der Waals surface area contributed by atoms with Gasteiger partial charge < -0.3 is 11.1 Å². The van der Waals surface area contributed by atoms with E-state index in [0.29, 0.717) is 17.9 Å². The van der Waals surface area contributed by atoms with Crippen LogP contribution in [0.4, 0.5) is 15.8 Å². The number of halogens is 2. The van der Waals surface area contributed by atoms with Crippen LogP contribution in [0, 0.1) is 12.7 Å². The van der Waals surface area contributed by atoms with Crippen molar-refractivity contribution in [2.45, 2.75) is 13.5 Å². The lowest BCUT2D eigenvalue weighted by Crippen LogP contribution is -2.03. The SMILES string of the molecule is Cc1ncsc1CNc1cc(F)c(Cl)cc1N. The average Bonchev–Trinajstić information content (AvgIpc) is 2.68. The number of thiazole rings is 1. The normalized spacial score (nSPS) is 10.5. The van der Waals surface area contributed by atoms with Crippen molar-refractivity contribution in [3.05, 3.63) is 39.1 Å². The largest absolute Gasteiger partial charge is 0.397 e. The molecule has 0 aliphatic rings. The van der Waals surface area contributed by atoms with Gasteiger partial charge in [0.2, 0.25) is 0 Å². The summed E-state index contributed by atoms with van der Waals surface area (Å²) in [5, 5.41) is 3.10. The molecule has 0 saturated carbocycles. The third kappa shape index (κ3) is 2.68. The van der Waals surface area contributed by atoms with E-state index in [9.17, 15) is 4.39 Å². The molecule has 1 aromatic heterocycles. The summed E-state index contributed by atoms with van der Waals surface area (Å²) in [6.07, 6.45) is 0. The Bertz CT molecular complexity index is 542. The van der Waals surface area contributed by atoms with E-state index in [0.717, 1.165) is 10.6 Å². The van der Waals surface area contributed by atoms with Gasteiger partial charge in [0.25, 0.3) is 0 Å². The molecule has 1 heterocycles. The smallest absolute Gasteiger partial charge is 0.143 e. The van der Waals surface area contributed by atoms with E-state index < -0.39 is 5.82 Å². The Labute approximate surface area is 107 Å². The van der Waals surface area contributed by atoms with Gasteiger partial charge in [0.1, 0.15) is 5.82 Å². The van der Waals surface area contributed by atoms with Crippen LogP contribution in [0.5, 0.6) is 0 Å². The van der Waals surface area contributed by atoms with Gasteiger partial charge in [0.05, 0.1) is 34.1 Å². The van der Waals surface area contributed by atoms with Crippen LogP contribution in [0.15, 0.2) is 17.6 Å². The number of rotatable bonds is 3. The molecule has 6 heteroatoms. The van der Waals surface area contributed by atoms with Crippen LogP contribution >= 0.6 is 22.9 Å². The summed E-state index contributed by atoms with van der Waals surface area (Å²) in [7, 11) is 0. The van der Waals surface area contributed by atoms with Gasteiger partial charge in [-0.2, -0.15) is 0 Å². The van der Waals surface area contributed by atoms with E-state index in [1.165, 1.54) is 12.1 Å². The van der Waals surface area contributed by atoms with Gasteiger partial charge in [0.15, 0.2) is 0 Å². The standard InChI is InChI=1S/C11H11ClFN3S/c1-6-11(17-5-16-6)4-15-10-3-8(13)7(12)2-9(10)14/h2-3,5,15H,4,14H2,1H3. The minimum atomic E-state index is -0.482. The van der Waals surface area contributed by atoms with E-state index in [4.69, 9.17) is 17.3 Å². The average molecular weight is 272 g/mol. The number of aryl methyl sites for hydroxylation is 1. The molecule has 90 valence electrons. The molecule has 0 atom stereocenters. The highest BCUT2D eigenvalue weighted by molar-refractivity contribution is 7.09. The summed E-state index contributed by atoms with van der Waals surface area (Å²) in [5.74, 6) is -0.482. The van der Waals surface area contributed by atoms with Gasteiger partial charge in [-0.1, -0.05) is 11.6 Å². The number of nitrogens with zero attached hydrogens (tertiary/aromatic N) is 1. The van der Waals surface area contributed by atoms with Crippen molar-refractivity contribution in [1.29, 1.82) is 0 Å². The van der Waals surface area contributed by atoms with Crippen LogP contribution in [0.1, 0.15) is 10.6 Å². The molecule has 0 aliphatic carbocycles. The van der Waals surface area contributed by atoms with E-state index >= 15 is 0 Å². The summed E-state index contributed by atoms with van der Waals surface area (Å²) < 4.78 is 13.3. The monoisotopic (exact) mass is 271 g/mol. The van der Waals surface area contributed by atoms with Crippen molar-refractivity contribution in [2.75, 3.05) is 11.1 Å². The molecule has 0 fully saturated rings. The molecule has 2 rings (SSSR count). The maximum absolute atomic E-state index is 13.3. The number of hydrogen-bond donors (Lipinski definition) is 2. The maximum Gasteiger partial charge on any atom is 0.143 e. The first-order valence-electron chi connectivity index (χ1n) is 4.95. The van der Waals surface area contributed by atoms with E-state index in [-0.39, 0.29) is 5.02 Å². The molecule has 0 saturated heterocycles. The van der Waals surface area contributed by atoms with E-state index in [1.54, 1.807) is 16.8 Å². The van der Waals surface area contributed by atoms with Gasteiger partial charge in [0, 0.05) is 10.9 Å². The fraction of sp³-hybridized carbons (Fsp3) is 0.182. The fourth-order valence-electron chi connectivity index (χ4n) is 1.39. The fourth-order valence-corrected chi connectivity index (χ4v) is 2.28. The Kier molecular flexibility index (Phi) is 3.49. The summed E-state index contributed by atoms with van der Waals surface area (Å²) in [6, 6.07) is 2.70. The van der Waals surface area contributed by atoms with Crippen molar-refractivity contribution >= 4 is 34.3 Å². The molecule has 2 aromatic rings. The lowest BCUT2D eigenvalue weighted by atomic mass is 10.2. The lowest BCUT2D eigenvalue weighted by molar-refractivity contribution is 0.629. The molecule has 1 aromatic carbocycles. The van der Waals surface area contributed by atoms with Gasteiger partial charge in [-0.25, -0.2) is 9.37 Å². The molecule has 3 nitrogen and oxygen atoms in total. The Balaban J connectivity index is 2.14. The topological polar surface area (TPSA) is 50.9 Å². The van der Waals surface area contributed by atoms with Crippen LogP contribution in [0.3, 0.4) is 0 Å². The highest BCUT2D eigenvalue weighted by Gasteiger charge is 2.07. The molecule has 0 spiro atoms. The summed E-state index contributed by atoms with van der Waals surface area (Å²) in [6.45, 7) is 2.50. The molecular formula is C11H11ClFN3S. The van der Waals surface area contributed by atoms with Crippen molar-refractivity contribution in [2.24, 2.45) is 0 Å². The zero-order valence-corrected chi connectivity index (χ0v) is 10.7. The van der Waals surface area contributed by atoms with Gasteiger partial charge in [-0.05, 0) is 13.0 Å². The zero-order valence-electron chi connectivity index (χ0n) is 9.13. The third-order valence-electron chi connectivity index (χ3n) is 2.38. The van der Waals surface area contributed by atoms with Crippen LogP contribution in [-0.2, 0) is 6.54 Å². The van der Waals surface area contributed by atoms with Gasteiger partial charge in [-0.15, -0.1) is 11.3 Å². The van der Waals surface area contributed by atoms with Crippen LogP contribution < -0.4 is 11.1 Å². The van der Waals surface area contributed by atoms with Crippen molar-refractivity contribution < 1.29 is 4.39 Å². The number of aromatic nitrogens is 1. The molecule has 0 unspecified atom stereocenters. The van der Waals surface area contributed by atoms with Crippen molar-refractivity contribution in [3.63, 3.8) is 0 Å². The number of nitrogen functional groups attached to an aromatic ring is 1. The zero-order chi connectivity index (χ0) is 12.4. The highest BCUT2D eigenvalue weighted by atomic mass is 35.5. The molecule has 3 N–H and O–H groups in total. The minimum absolute atomic E-state index is 0.0296. The first-order valence-corrected chi connectivity index (χ1v) is 6.21. The molecule has 0 amide bonds. The van der Waals surface area contributed by atoms with E-state index in [1.807, 2.05) is 6.92 Å². The number of hydrogen-bond acceptors (Lipinski definition) is 4. The van der Waals surface area contributed by atoms with Crippen molar-refractivity contribution in [3.8, 4) is 0 Å². The first-order chi connectivity index (χ1) is 8.08. The third-order valence-corrected chi connectivity index (χ3v) is 3.60. The lowest BCUT2D eigenvalue weighted by Gasteiger charge is -2.09. The molecule has 0 radical (unpaired) electrons. The Morgan fingerprint density at radius 2 is 2.29 bits per heavy atom. The Morgan fingerprint density at radius 1 is 1.53 bits per heavy atom. The maximum atomic E-state index is 13.3. The first kappa shape index (κ1) is 12.1. The second-order valence-corrected chi connectivity index (χ2v) is 4.91. The summed E-state index contributed by atoms with van der Waals surface area (Å²) in [5.41, 5.74) is 9.46. The predicted octanol–water partition coefficient (Wildman–Crippen LogP) is 3.44. The van der Waals surface area contributed by atoms with Crippen LogP contribution in [-0.4, -0.2) is 4.98 Å². The number of nitrogens with two attached hydrogens (primary N) is 1. The van der Waals surface area contributed by atoms with Crippen LogP contribution in [0.25, 0.3) is 0 Å². The van der Waals surface area contributed by atoms with E-state index in [2.05, 4.69) is 10.3 Å². The van der Waals surface area contributed by atoms with Crippen molar-refractivity contribution in [1.82, 2.24) is 4.98 Å². The summed E-state index contributed by atoms with van der Waals surface area (Å²) in [4.78, 5) is 5.23. The summed E-state index contributed by atoms with van der Waals surface area (Å²) >= 11 is 7.17. The minimum Gasteiger partial charge on any atom is -0.397 e. The Hall–Kier alpha value is -1.33. The number of nitrogens with one attached hydrogen (secondary N) is 1. The Morgan fingerprint density at radius 3 is 2.94 bits per heavy atom. The molecule has 0 bridgehead atoms. The quantitative estimate of drug-likeness (QED) is 0.841. The van der Waals surface area contributed by atoms with Gasteiger partial charge in [-0.3, -0.25) is 0 Å².